The van der Waals surface area contributed by atoms with Gasteiger partial charge >= 0.3 is 0 Å². The van der Waals surface area contributed by atoms with Crippen molar-refractivity contribution in [3.05, 3.63) is 51.7 Å². The largest absolute Gasteiger partial charge is 0.485 e. The fourth-order valence-electron chi connectivity index (χ4n) is 1.36. The van der Waals surface area contributed by atoms with E-state index in [0.717, 1.165) is 10.0 Å². The Morgan fingerprint density at radius 1 is 1.29 bits per heavy atom. The average Bonchev–Trinajstić information content (AvgIpc) is 2.30. The highest BCUT2D eigenvalue weighted by Crippen LogP contribution is 2.31. The smallest absolute Gasteiger partial charge is 0.160 e. The number of nitrogens with two attached hydrogens (primary N) is 1. The van der Waals surface area contributed by atoms with Crippen LogP contribution in [0.4, 0.5) is 5.69 Å². The summed E-state index contributed by atoms with van der Waals surface area (Å²) in [6.07, 6.45) is 3.19. The molecule has 0 saturated heterocycles. The topological polar surface area (TPSA) is 48.1 Å². The van der Waals surface area contributed by atoms with Gasteiger partial charge in [-0.25, -0.2) is 0 Å². The van der Waals surface area contributed by atoms with Crippen molar-refractivity contribution in [2.45, 2.75) is 6.61 Å². The minimum atomic E-state index is 0.368. The van der Waals surface area contributed by atoms with Gasteiger partial charge in [-0.05, 0) is 22.0 Å². The van der Waals surface area contributed by atoms with Gasteiger partial charge in [0.2, 0.25) is 0 Å². The van der Waals surface area contributed by atoms with Gasteiger partial charge in [0.25, 0.3) is 0 Å². The lowest BCUT2D eigenvalue weighted by Gasteiger charge is -2.10. The molecule has 0 aliphatic carbocycles. The lowest BCUT2D eigenvalue weighted by Crippen LogP contribution is -2.00. The summed E-state index contributed by atoms with van der Waals surface area (Å²) in [5, 5.41) is 0.677. The first kappa shape index (κ1) is 12.2. The van der Waals surface area contributed by atoms with Crippen LogP contribution in [0.2, 0.25) is 5.02 Å². The first-order chi connectivity index (χ1) is 8.18. The van der Waals surface area contributed by atoms with Crippen molar-refractivity contribution >= 4 is 33.2 Å². The first-order valence-electron chi connectivity index (χ1n) is 4.93. The summed E-state index contributed by atoms with van der Waals surface area (Å²) >= 11 is 9.37. The van der Waals surface area contributed by atoms with E-state index >= 15 is 0 Å². The monoisotopic (exact) mass is 312 g/mol. The van der Waals surface area contributed by atoms with Crippen LogP contribution < -0.4 is 10.5 Å². The van der Waals surface area contributed by atoms with Gasteiger partial charge in [-0.3, -0.25) is 4.98 Å². The van der Waals surface area contributed by atoms with Gasteiger partial charge in [-0.1, -0.05) is 29.8 Å². The Bertz CT molecular complexity index is 513. The van der Waals surface area contributed by atoms with Crippen LogP contribution in [-0.2, 0) is 6.61 Å². The third kappa shape index (κ3) is 2.90. The molecule has 0 radical (unpaired) electrons. The summed E-state index contributed by atoms with van der Waals surface area (Å²) in [6.45, 7) is 0.368. The van der Waals surface area contributed by atoms with Gasteiger partial charge in [0.1, 0.15) is 6.61 Å². The van der Waals surface area contributed by atoms with Crippen LogP contribution in [0, 0.1) is 0 Å². The highest BCUT2D eigenvalue weighted by Gasteiger charge is 2.07. The molecule has 0 aliphatic heterocycles. The number of nitrogens with zero attached hydrogens (tertiary/aromatic N) is 1. The predicted molar refractivity (Wildman–Crippen MR) is 72.1 cm³/mol. The van der Waals surface area contributed by atoms with E-state index < -0.39 is 0 Å². The molecule has 2 rings (SSSR count). The molecule has 0 bridgehead atoms. The quantitative estimate of drug-likeness (QED) is 0.940. The van der Waals surface area contributed by atoms with Crippen molar-refractivity contribution < 1.29 is 4.74 Å². The molecule has 0 aliphatic rings. The predicted octanol–water partition coefficient (Wildman–Crippen LogP) is 3.66. The lowest BCUT2D eigenvalue weighted by molar-refractivity contribution is 0.306. The SMILES string of the molecule is Nc1cncc(Br)c1OCc1ccccc1Cl. The Hall–Kier alpha value is -1.26. The summed E-state index contributed by atoms with van der Waals surface area (Å²) in [4.78, 5) is 3.94. The Labute approximate surface area is 113 Å². The molecule has 17 heavy (non-hydrogen) atoms. The van der Waals surface area contributed by atoms with Gasteiger partial charge in [0, 0.05) is 16.8 Å². The van der Waals surface area contributed by atoms with Crippen LogP contribution in [0.25, 0.3) is 0 Å². The van der Waals surface area contributed by atoms with Crippen molar-refractivity contribution in [3.63, 3.8) is 0 Å². The van der Waals surface area contributed by atoms with Crippen LogP contribution in [-0.4, -0.2) is 4.98 Å². The molecule has 0 amide bonds. The lowest BCUT2D eigenvalue weighted by atomic mass is 10.2. The van der Waals surface area contributed by atoms with Gasteiger partial charge < -0.3 is 10.5 Å². The normalized spacial score (nSPS) is 10.2. The number of hydrogen-bond acceptors (Lipinski definition) is 3. The summed E-state index contributed by atoms with van der Waals surface area (Å²) in [5.74, 6) is 0.583. The zero-order chi connectivity index (χ0) is 12.3. The maximum Gasteiger partial charge on any atom is 0.160 e. The van der Waals surface area contributed by atoms with Crippen molar-refractivity contribution in [3.8, 4) is 5.75 Å². The fraction of sp³-hybridized carbons (Fsp3) is 0.0833. The van der Waals surface area contributed by atoms with Crippen LogP contribution in [0.3, 0.4) is 0 Å². The van der Waals surface area contributed by atoms with E-state index in [1.165, 1.54) is 0 Å². The molecule has 0 fully saturated rings. The van der Waals surface area contributed by atoms with E-state index in [2.05, 4.69) is 20.9 Å². The number of rotatable bonds is 3. The Morgan fingerprint density at radius 2 is 2.06 bits per heavy atom. The van der Waals surface area contributed by atoms with Crippen LogP contribution in [0.1, 0.15) is 5.56 Å². The second-order valence-electron chi connectivity index (χ2n) is 3.42. The molecule has 2 aromatic rings. The number of hydrogen-bond donors (Lipinski definition) is 1. The van der Waals surface area contributed by atoms with Gasteiger partial charge in [-0.2, -0.15) is 0 Å². The van der Waals surface area contributed by atoms with E-state index in [-0.39, 0.29) is 0 Å². The summed E-state index contributed by atoms with van der Waals surface area (Å²) in [7, 11) is 0. The number of halogens is 2. The fourth-order valence-corrected chi connectivity index (χ4v) is 2.01. The van der Waals surface area contributed by atoms with E-state index in [4.69, 9.17) is 22.1 Å². The molecule has 0 atom stereocenters. The minimum absolute atomic E-state index is 0.368. The third-order valence-corrected chi connectivity index (χ3v) is 3.14. The van der Waals surface area contributed by atoms with Crippen molar-refractivity contribution in [2.24, 2.45) is 0 Å². The van der Waals surface area contributed by atoms with Crippen molar-refractivity contribution in [1.82, 2.24) is 4.98 Å². The van der Waals surface area contributed by atoms with E-state index in [1.54, 1.807) is 12.4 Å². The minimum Gasteiger partial charge on any atom is -0.485 e. The highest BCUT2D eigenvalue weighted by molar-refractivity contribution is 9.10. The Balaban J connectivity index is 2.16. The zero-order valence-electron chi connectivity index (χ0n) is 8.86. The molecule has 0 spiro atoms. The Morgan fingerprint density at radius 3 is 2.76 bits per heavy atom. The van der Waals surface area contributed by atoms with Crippen LogP contribution in [0.15, 0.2) is 41.1 Å². The van der Waals surface area contributed by atoms with Gasteiger partial charge in [-0.15, -0.1) is 0 Å². The third-order valence-electron chi connectivity index (χ3n) is 2.21. The maximum absolute atomic E-state index is 6.03. The Kier molecular flexibility index (Phi) is 3.86. The van der Waals surface area contributed by atoms with E-state index in [9.17, 15) is 0 Å². The van der Waals surface area contributed by atoms with E-state index in [0.29, 0.717) is 23.1 Å². The molecule has 3 nitrogen and oxygen atoms in total. The molecule has 0 unspecified atom stereocenters. The second-order valence-corrected chi connectivity index (χ2v) is 4.68. The number of pyridine rings is 1. The highest BCUT2D eigenvalue weighted by atomic mass is 79.9. The molecule has 5 heteroatoms. The second kappa shape index (κ2) is 5.38. The average molecular weight is 314 g/mol. The van der Waals surface area contributed by atoms with E-state index in [1.807, 2.05) is 24.3 Å². The first-order valence-corrected chi connectivity index (χ1v) is 6.11. The summed E-state index contributed by atoms with van der Waals surface area (Å²) < 4.78 is 6.36. The number of nitrogen functional groups attached to an aromatic ring is 1. The summed E-state index contributed by atoms with van der Waals surface area (Å²) in [5.41, 5.74) is 7.18. The zero-order valence-corrected chi connectivity index (χ0v) is 11.2. The molecule has 1 heterocycles. The van der Waals surface area contributed by atoms with Crippen molar-refractivity contribution in [2.75, 3.05) is 5.73 Å². The number of ether oxygens (including phenoxy) is 1. The molecule has 0 saturated carbocycles. The van der Waals surface area contributed by atoms with Crippen molar-refractivity contribution in [1.29, 1.82) is 0 Å². The standard InChI is InChI=1S/C12H10BrClN2O/c13-9-5-16-6-11(15)12(9)17-7-8-3-1-2-4-10(8)14/h1-6H,7,15H2. The molecular formula is C12H10BrClN2O. The van der Waals surface area contributed by atoms with Gasteiger partial charge in [0.15, 0.2) is 5.75 Å². The van der Waals surface area contributed by atoms with Crippen LogP contribution >= 0.6 is 27.5 Å². The van der Waals surface area contributed by atoms with Crippen LogP contribution in [0.5, 0.6) is 5.75 Å². The number of anilines is 1. The maximum atomic E-state index is 6.03. The molecular weight excluding hydrogens is 304 g/mol. The molecule has 88 valence electrons. The molecule has 1 aromatic heterocycles. The summed E-state index contributed by atoms with van der Waals surface area (Å²) in [6, 6.07) is 7.52. The molecule has 2 N–H and O–H groups in total. The number of aromatic nitrogens is 1. The van der Waals surface area contributed by atoms with Gasteiger partial charge in [0.05, 0.1) is 16.4 Å². The molecule has 1 aromatic carbocycles. The number of benzene rings is 1.